The van der Waals surface area contributed by atoms with Crippen LogP contribution in [0.1, 0.15) is 52.7 Å². The molecule has 4 nitrogen and oxygen atoms in total. The normalized spacial score (nSPS) is 16.4. The van der Waals surface area contributed by atoms with Gasteiger partial charge in [0, 0.05) is 11.3 Å². The molecule has 0 aromatic heterocycles. The fraction of sp³-hybridized carbons (Fsp3) is 0.435. The Morgan fingerprint density at radius 2 is 1.68 bits per heavy atom. The molecule has 2 aromatic rings. The Morgan fingerprint density at radius 3 is 2.29 bits per heavy atom. The van der Waals surface area contributed by atoms with Crippen molar-refractivity contribution in [3.05, 3.63) is 46.5 Å². The number of aldehydes is 1. The fourth-order valence-electron chi connectivity index (χ4n) is 4.88. The molecule has 150 valence electrons. The molecule has 2 aliphatic carbocycles. The average molecular weight is 492 g/mol. The van der Waals surface area contributed by atoms with Crippen molar-refractivity contribution in [2.45, 2.75) is 45.4 Å². The first-order valence-corrected chi connectivity index (χ1v) is 10.7. The topological polar surface area (TPSA) is 64.3 Å². The van der Waals surface area contributed by atoms with Crippen molar-refractivity contribution in [2.75, 3.05) is 19.8 Å². The highest BCUT2D eigenvalue weighted by atomic mass is 127. The van der Waals surface area contributed by atoms with Gasteiger partial charge in [-0.05, 0) is 92.1 Å². The predicted octanol–water partition coefficient (Wildman–Crippen LogP) is 5.28. The summed E-state index contributed by atoms with van der Waals surface area (Å²) >= 11 is 1.98. The Balaban J connectivity index is 0.000000706. The van der Waals surface area contributed by atoms with Crippen molar-refractivity contribution >= 4 is 35.0 Å². The zero-order valence-electron chi connectivity index (χ0n) is 16.9. The van der Waals surface area contributed by atoms with Crippen LogP contribution in [0.3, 0.4) is 0 Å². The maximum absolute atomic E-state index is 11.5. The van der Waals surface area contributed by atoms with E-state index in [9.17, 15) is 4.79 Å². The maximum Gasteiger partial charge on any atom is 0.192 e. The Morgan fingerprint density at radius 1 is 1.07 bits per heavy atom. The Bertz CT molecular complexity index is 873. The third kappa shape index (κ3) is 3.79. The number of halogens is 1. The summed E-state index contributed by atoms with van der Waals surface area (Å²) in [6.07, 6.45) is 8.38. The molecule has 1 saturated carbocycles. The highest BCUT2D eigenvalue weighted by Gasteiger charge is 2.42. The van der Waals surface area contributed by atoms with Gasteiger partial charge in [-0.2, -0.15) is 0 Å². The van der Waals surface area contributed by atoms with Gasteiger partial charge < -0.3 is 14.1 Å². The smallest absolute Gasteiger partial charge is 0.192 e. The lowest BCUT2D eigenvalue weighted by atomic mass is 9.82. The molecule has 0 unspecified atom stereocenters. The van der Waals surface area contributed by atoms with Crippen molar-refractivity contribution in [3.63, 3.8) is 0 Å². The van der Waals surface area contributed by atoms with E-state index >= 15 is 0 Å². The van der Waals surface area contributed by atoms with Crippen molar-refractivity contribution in [1.82, 2.24) is 5.32 Å². The number of anilines is 1. The van der Waals surface area contributed by atoms with Gasteiger partial charge in [0.25, 0.3) is 0 Å². The van der Waals surface area contributed by atoms with Gasteiger partial charge in [-0.1, -0.05) is 25.0 Å². The Hall–Kier alpha value is -1.60. The molecule has 5 heteroatoms. The van der Waals surface area contributed by atoms with Crippen molar-refractivity contribution in [1.29, 1.82) is 0 Å². The zero-order chi connectivity index (χ0) is 20.3. The van der Waals surface area contributed by atoms with Crippen LogP contribution in [0.15, 0.2) is 24.3 Å². The minimum atomic E-state index is 0.414. The highest BCUT2D eigenvalue weighted by molar-refractivity contribution is 14.1. The Kier molecular flexibility index (Phi) is 6.65. The van der Waals surface area contributed by atoms with Crippen LogP contribution in [0.2, 0.25) is 0 Å². The lowest BCUT2D eigenvalue weighted by Crippen LogP contribution is -2.15. The maximum atomic E-state index is 11.5. The second-order valence-electron chi connectivity index (χ2n) is 8.07. The van der Waals surface area contributed by atoms with Gasteiger partial charge in [-0.15, -0.1) is 0 Å². The van der Waals surface area contributed by atoms with E-state index in [4.69, 9.17) is 8.80 Å². The van der Waals surface area contributed by atoms with Crippen LogP contribution in [0.5, 0.6) is 5.75 Å². The van der Waals surface area contributed by atoms with E-state index in [-0.39, 0.29) is 0 Å². The molecule has 0 radical (unpaired) electrons. The van der Waals surface area contributed by atoms with Crippen LogP contribution in [-0.2, 0) is 12.8 Å². The summed E-state index contributed by atoms with van der Waals surface area (Å²) in [5.74, 6) is 0.992. The molecule has 0 heterocycles. The third-order valence-electron chi connectivity index (χ3n) is 6.20. The van der Waals surface area contributed by atoms with Crippen LogP contribution in [0, 0.1) is 12.3 Å². The number of fused-ring (bicyclic) bond motifs is 1. The number of nitrogens with two attached hydrogens (primary N) is 1. The van der Waals surface area contributed by atoms with Gasteiger partial charge >= 0.3 is 0 Å². The number of nitrogens with one attached hydrogen (secondary N) is 1. The van der Waals surface area contributed by atoms with Crippen LogP contribution in [0.25, 0.3) is 11.1 Å². The number of carbonyl (C=O) groups is 1. The summed E-state index contributed by atoms with van der Waals surface area (Å²) in [4.78, 5) is 11.5. The van der Waals surface area contributed by atoms with Crippen molar-refractivity contribution in [3.8, 4) is 16.9 Å². The molecule has 1 fully saturated rings. The quantitative estimate of drug-likeness (QED) is 0.348. The van der Waals surface area contributed by atoms with Crippen LogP contribution in [0.4, 0.5) is 5.69 Å². The third-order valence-corrected chi connectivity index (χ3v) is 6.67. The summed E-state index contributed by atoms with van der Waals surface area (Å²) in [5, 5.41) is 2.75. The second kappa shape index (κ2) is 8.82. The second-order valence-corrected chi connectivity index (χ2v) is 8.51. The first-order chi connectivity index (χ1) is 13.5. The van der Waals surface area contributed by atoms with E-state index in [1.807, 2.05) is 50.1 Å². The van der Waals surface area contributed by atoms with Gasteiger partial charge in [0.1, 0.15) is 5.75 Å². The van der Waals surface area contributed by atoms with E-state index in [1.54, 1.807) is 0 Å². The molecule has 28 heavy (non-hydrogen) atoms. The fourth-order valence-corrected chi connectivity index (χ4v) is 5.29. The van der Waals surface area contributed by atoms with Gasteiger partial charge in [-0.25, -0.2) is 0 Å². The predicted molar refractivity (Wildman–Crippen MR) is 124 cm³/mol. The molecule has 4 rings (SSSR count). The summed E-state index contributed by atoms with van der Waals surface area (Å²) < 4.78 is 5.64. The largest absolute Gasteiger partial charge is 0.427 e. The molecule has 0 atom stereocenters. The first-order valence-electron chi connectivity index (χ1n) is 9.86. The first kappa shape index (κ1) is 21.1. The molecule has 0 saturated heterocycles. The van der Waals surface area contributed by atoms with Crippen LogP contribution >= 0.6 is 23.0 Å². The molecule has 0 bridgehead atoms. The Labute approximate surface area is 181 Å². The molecule has 3 N–H and O–H groups in total. The minimum absolute atomic E-state index is 0.414. The van der Waals surface area contributed by atoms with E-state index < -0.39 is 0 Å². The van der Waals surface area contributed by atoms with E-state index in [0.29, 0.717) is 16.7 Å². The van der Waals surface area contributed by atoms with Crippen molar-refractivity contribution < 1.29 is 7.86 Å². The standard InChI is InChI=1S/C21H22INO2.C2H7N/c1-13-14(4-6-19(23)18(13)12-24)15-5-7-20(25-22)17-11-21(10-16(15)17)8-2-3-9-21;1-3-2/h4-7,12H,2-3,8-11,23H2,1H3;3H,1-2H3. The minimum Gasteiger partial charge on any atom is -0.427 e. The van der Waals surface area contributed by atoms with Gasteiger partial charge in [-0.3, -0.25) is 4.79 Å². The summed E-state index contributed by atoms with van der Waals surface area (Å²) in [6, 6.07) is 8.12. The number of carbonyl (C=O) groups excluding carboxylic acids is 1. The summed E-state index contributed by atoms with van der Waals surface area (Å²) in [5.41, 5.74) is 13.6. The van der Waals surface area contributed by atoms with Gasteiger partial charge in [0.2, 0.25) is 0 Å². The van der Waals surface area contributed by atoms with Gasteiger partial charge in [0.05, 0.1) is 0 Å². The molecule has 0 aliphatic heterocycles. The molecular weight excluding hydrogens is 463 g/mol. The molecule has 0 amide bonds. The molecular formula is C23H29IN2O2. The SMILES string of the molecule is CNC.Cc1c(-c2ccc(OI)c3c2CC2(CCCC2)C3)ccc(N)c1C=O. The lowest BCUT2D eigenvalue weighted by molar-refractivity contribution is 0.112. The average Bonchev–Trinajstić information content (AvgIpc) is 3.29. The monoisotopic (exact) mass is 492 g/mol. The summed E-state index contributed by atoms with van der Waals surface area (Å²) in [7, 11) is 3.75. The van der Waals surface area contributed by atoms with Crippen LogP contribution in [-0.4, -0.2) is 20.4 Å². The number of rotatable bonds is 3. The zero-order valence-corrected chi connectivity index (χ0v) is 19.1. The van der Waals surface area contributed by atoms with E-state index in [2.05, 4.69) is 23.5 Å². The number of nitrogen functional groups attached to an aromatic ring is 1. The number of benzene rings is 2. The number of hydrogen-bond acceptors (Lipinski definition) is 4. The molecule has 2 aromatic carbocycles. The van der Waals surface area contributed by atoms with Crippen molar-refractivity contribution in [2.24, 2.45) is 5.41 Å². The van der Waals surface area contributed by atoms with Gasteiger partial charge in [0.15, 0.2) is 29.3 Å². The lowest BCUT2D eigenvalue weighted by Gasteiger charge is -2.22. The number of hydrogen-bond donors (Lipinski definition) is 2. The summed E-state index contributed by atoms with van der Waals surface area (Å²) in [6.45, 7) is 1.99. The molecule has 2 aliphatic rings. The van der Waals surface area contributed by atoms with E-state index in [0.717, 1.165) is 36.0 Å². The molecule has 1 spiro atoms. The highest BCUT2D eigenvalue weighted by Crippen LogP contribution is 2.53. The van der Waals surface area contributed by atoms with Crippen LogP contribution < -0.4 is 14.1 Å². The van der Waals surface area contributed by atoms with E-state index in [1.165, 1.54) is 42.4 Å².